The van der Waals surface area contributed by atoms with Gasteiger partial charge in [-0.05, 0) is 88.9 Å². The maximum absolute atomic E-state index is 2.50. The van der Waals surface area contributed by atoms with E-state index in [9.17, 15) is 0 Å². The maximum Gasteiger partial charge on any atom is 0.0141 e. The zero-order chi connectivity index (χ0) is 21.6. The molecule has 0 saturated heterocycles. The first-order chi connectivity index (χ1) is 12.0. The molecule has 0 fully saturated rings. The summed E-state index contributed by atoms with van der Waals surface area (Å²) in [5, 5.41) is 0. The number of hydrogen-bond donors (Lipinski definition) is 0. The van der Waals surface area contributed by atoms with Crippen molar-refractivity contribution in [1.29, 1.82) is 0 Å². The predicted molar refractivity (Wildman–Crippen MR) is 125 cm³/mol. The fourth-order valence-electron chi connectivity index (χ4n) is 5.05. The lowest BCUT2D eigenvalue weighted by atomic mass is 9.67. The van der Waals surface area contributed by atoms with Gasteiger partial charge in [0.2, 0.25) is 0 Å². The van der Waals surface area contributed by atoms with Crippen LogP contribution in [0.4, 0.5) is 0 Å². The monoisotopic (exact) mass is 382 g/mol. The van der Waals surface area contributed by atoms with Crippen molar-refractivity contribution in [3.05, 3.63) is 0 Å². The van der Waals surface area contributed by atoms with Gasteiger partial charge in [-0.15, -0.1) is 0 Å². The zero-order valence-corrected chi connectivity index (χ0v) is 21.4. The third kappa shape index (κ3) is 11.5. The summed E-state index contributed by atoms with van der Waals surface area (Å²) >= 11 is 0. The highest BCUT2D eigenvalue weighted by atomic mass is 15.1. The Kier molecular flexibility index (Phi) is 10.6. The molecule has 0 N–H and O–H groups in total. The van der Waals surface area contributed by atoms with Crippen LogP contribution < -0.4 is 0 Å². The van der Waals surface area contributed by atoms with Crippen LogP contribution in [-0.4, -0.2) is 50.1 Å². The fourth-order valence-corrected chi connectivity index (χ4v) is 5.05. The predicted octanol–water partition coefficient (Wildman–Crippen LogP) is 6.94. The summed E-state index contributed by atoms with van der Waals surface area (Å²) in [7, 11) is 9.04. The van der Waals surface area contributed by atoms with Crippen LogP contribution in [-0.2, 0) is 0 Å². The Balaban J connectivity index is 5.02. The average Bonchev–Trinajstić information content (AvgIpc) is 2.39. The Hall–Kier alpha value is -0.0800. The van der Waals surface area contributed by atoms with Crippen LogP contribution in [0.5, 0.6) is 0 Å². The molecular formula is C25H54N2. The highest BCUT2D eigenvalue weighted by molar-refractivity contribution is 4.90. The van der Waals surface area contributed by atoms with Gasteiger partial charge in [0.1, 0.15) is 0 Å². The van der Waals surface area contributed by atoms with E-state index in [2.05, 4.69) is 100 Å². The van der Waals surface area contributed by atoms with E-state index in [1.807, 2.05) is 0 Å². The maximum atomic E-state index is 2.50. The van der Waals surface area contributed by atoms with Crippen LogP contribution in [0.1, 0.15) is 101 Å². The second-order valence-corrected chi connectivity index (χ2v) is 12.7. The van der Waals surface area contributed by atoms with Crippen molar-refractivity contribution >= 4 is 0 Å². The van der Waals surface area contributed by atoms with E-state index in [1.165, 1.54) is 38.5 Å². The van der Waals surface area contributed by atoms with E-state index >= 15 is 0 Å². The van der Waals surface area contributed by atoms with Gasteiger partial charge < -0.3 is 9.80 Å². The molecule has 2 nitrogen and oxygen atoms in total. The van der Waals surface area contributed by atoms with Crippen molar-refractivity contribution in [3.8, 4) is 0 Å². The number of nitrogens with zero attached hydrogens (tertiary/aromatic N) is 2. The normalized spacial score (nSPS) is 16.4. The largest absolute Gasteiger partial charge is 0.306 e. The Bertz CT molecular complexity index is 399. The molecule has 0 amide bonds. The Labute approximate surface area is 173 Å². The van der Waals surface area contributed by atoms with Crippen molar-refractivity contribution < 1.29 is 0 Å². The van der Waals surface area contributed by atoms with Gasteiger partial charge in [-0.2, -0.15) is 0 Å². The highest BCUT2D eigenvalue weighted by Gasteiger charge is 2.37. The molecule has 0 heterocycles. The topological polar surface area (TPSA) is 6.48 Å². The highest BCUT2D eigenvalue weighted by Crippen LogP contribution is 2.43. The van der Waals surface area contributed by atoms with Gasteiger partial charge in [0.05, 0.1) is 0 Å². The van der Waals surface area contributed by atoms with E-state index in [-0.39, 0.29) is 0 Å². The van der Waals surface area contributed by atoms with Gasteiger partial charge >= 0.3 is 0 Å². The van der Waals surface area contributed by atoms with Crippen LogP contribution in [0.15, 0.2) is 0 Å². The molecule has 0 aromatic heterocycles. The molecule has 0 radical (unpaired) electrons. The standard InChI is InChI=1S/C25H54N2/c1-20(2)18-21(26(10)11)14-17-24(6,7)19-25(8,9)22(27(12)13)15-16-23(3,4)5/h20-22H,14-19H2,1-13H3. The molecule has 27 heavy (non-hydrogen) atoms. The molecule has 2 atom stereocenters. The molecule has 0 bridgehead atoms. The molecule has 0 saturated carbocycles. The van der Waals surface area contributed by atoms with Crippen molar-refractivity contribution in [2.24, 2.45) is 22.2 Å². The van der Waals surface area contributed by atoms with Crippen molar-refractivity contribution in [2.75, 3.05) is 28.2 Å². The van der Waals surface area contributed by atoms with E-state index in [0.717, 1.165) is 5.92 Å². The summed E-state index contributed by atoms with van der Waals surface area (Å²) in [6, 6.07) is 1.34. The third-order valence-electron chi connectivity index (χ3n) is 6.26. The molecule has 164 valence electrons. The lowest BCUT2D eigenvalue weighted by Gasteiger charge is -2.45. The minimum absolute atomic E-state index is 0.323. The van der Waals surface area contributed by atoms with Crippen LogP contribution in [0, 0.1) is 22.2 Å². The molecule has 0 spiro atoms. The molecule has 0 aromatic carbocycles. The van der Waals surface area contributed by atoms with E-state index < -0.39 is 0 Å². The van der Waals surface area contributed by atoms with Gasteiger partial charge in [0, 0.05) is 12.1 Å². The van der Waals surface area contributed by atoms with Gasteiger partial charge in [-0.25, -0.2) is 0 Å². The minimum atomic E-state index is 0.323. The lowest BCUT2D eigenvalue weighted by Crippen LogP contribution is -2.44. The average molecular weight is 383 g/mol. The quantitative estimate of drug-likeness (QED) is 0.360. The third-order valence-corrected chi connectivity index (χ3v) is 6.26. The van der Waals surface area contributed by atoms with E-state index in [1.54, 1.807) is 0 Å². The Morgan fingerprint density at radius 3 is 1.59 bits per heavy atom. The first kappa shape index (κ1) is 26.9. The molecule has 2 heteroatoms. The van der Waals surface area contributed by atoms with Crippen LogP contribution >= 0.6 is 0 Å². The van der Waals surface area contributed by atoms with Crippen molar-refractivity contribution in [2.45, 2.75) is 113 Å². The molecule has 0 aliphatic heterocycles. The van der Waals surface area contributed by atoms with Crippen LogP contribution in [0.2, 0.25) is 0 Å². The van der Waals surface area contributed by atoms with E-state index in [0.29, 0.717) is 28.3 Å². The SMILES string of the molecule is CC(C)CC(CCC(C)(C)CC(C)(C)C(CCC(C)(C)C)N(C)C)N(C)C. The van der Waals surface area contributed by atoms with Gasteiger partial charge in [0.15, 0.2) is 0 Å². The number of hydrogen-bond acceptors (Lipinski definition) is 2. The summed E-state index contributed by atoms with van der Waals surface area (Å²) in [5.74, 6) is 0.771. The molecule has 0 rings (SSSR count). The summed E-state index contributed by atoms with van der Waals surface area (Å²) in [5.41, 5.74) is 1.12. The Morgan fingerprint density at radius 1 is 0.704 bits per heavy atom. The molecular weight excluding hydrogens is 328 g/mol. The summed E-state index contributed by atoms with van der Waals surface area (Å²) in [6.45, 7) is 21.8. The van der Waals surface area contributed by atoms with Crippen molar-refractivity contribution in [3.63, 3.8) is 0 Å². The molecule has 0 aliphatic carbocycles. The second-order valence-electron chi connectivity index (χ2n) is 12.7. The molecule has 0 aliphatic rings. The molecule has 0 aromatic rings. The fraction of sp³-hybridized carbons (Fsp3) is 1.00. The van der Waals surface area contributed by atoms with Gasteiger partial charge in [-0.3, -0.25) is 0 Å². The summed E-state index contributed by atoms with van der Waals surface area (Å²) in [6.07, 6.45) is 7.78. The zero-order valence-electron chi connectivity index (χ0n) is 21.4. The first-order valence-corrected chi connectivity index (χ1v) is 11.3. The lowest BCUT2D eigenvalue weighted by molar-refractivity contribution is 0.0604. The van der Waals surface area contributed by atoms with Gasteiger partial charge in [-0.1, -0.05) is 62.3 Å². The van der Waals surface area contributed by atoms with Crippen molar-refractivity contribution in [1.82, 2.24) is 9.80 Å². The first-order valence-electron chi connectivity index (χ1n) is 11.3. The van der Waals surface area contributed by atoms with Crippen LogP contribution in [0.25, 0.3) is 0 Å². The van der Waals surface area contributed by atoms with Gasteiger partial charge in [0.25, 0.3) is 0 Å². The molecule has 2 unspecified atom stereocenters. The van der Waals surface area contributed by atoms with E-state index in [4.69, 9.17) is 0 Å². The number of rotatable bonds is 12. The summed E-state index contributed by atoms with van der Waals surface area (Å²) in [4.78, 5) is 4.91. The van der Waals surface area contributed by atoms with Crippen LogP contribution in [0.3, 0.4) is 0 Å². The smallest absolute Gasteiger partial charge is 0.0141 e. The minimum Gasteiger partial charge on any atom is -0.306 e. The Morgan fingerprint density at radius 2 is 1.22 bits per heavy atom. The summed E-state index contributed by atoms with van der Waals surface area (Å²) < 4.78 is 0. The second kappa shape index (κ2) is 10.6.